The Kier molecular flexibility index (Phi) is 6.43. The maximum atomic E-state index is 13.5. The first-order valence-electron chi connectivity index (χ1n) is 11.2. The minimum atomic E-state index is -0.899. The molecule has 0 bridgehead atoms. The Labute approximate surface area is 209 Å². The van der Waals surface area contributed by atoms with E-state index >= 15 is 0 Å². The molecule has 3 aromatic rings. The molecule has 180 valence electrons. The van der Waals surface area contributed by atoms with E-state index in [-0.39, 0.29) is 16.7 Å². The molecule has 7 heteroatoms. The zero-order chi connectivity index (χ0) is 25.5. The van der Waals surface area contributed by atoms with E-state index < -0.39 is 17.7 Å². The third-order valence-electron chi connectivity index (χ3n) is 6.20. The lowest BCUT2D eigenvalue weighted by atomic mass is 9.85. The molecule has 2 aromatic carbocycles. The second-order valence-corrected chi connectivity index (χ2v) is 9.99. The van der Waals surface area contributed by atoms with Crippen LogP contribution in [0.1, 0.15) is 49.1 Å². The molecule has 0 spiro atoms. The van der Waals surface area contributed by atoms with Crippen LogP contribution in [0.15, 0.2) is 66.5 Å². The van der Waals surface area contributed by atoms with E-state index in [1.807, 2.05) is 13.0 Å². The van der Waals surface area contributed by atoms with Crippen molar-refractivity contribution in [3.8, 4) is 5.75 Å². The van der Waals surface area contributed by atoms with E-state index in [1.165, 1.54) is 12.0 Å². The molecule has 35 heavy (non-hydrogen) atoms. The van der Waals surface area contributed by atoms with Crippen molar-refractivity contribution in [2.75, 3.05) is 12.0 Å². The number of hydrogen-bond donors (Lipinski definition) is 1. The Balaban J connectivity index is 2.02. The highest BCUT2D eigenvalue weighted by Crippen LogP contribution is 2.44. The number of methoxy groups -OCH3 is 1. The summed E-state index contributed by atoms with van der Waals surface area (Å²) in [7, 11) is 1.50. The van der Waals surface area contributed by atoms with Gasteiger partial charge >= 0.3 is 0 Å². The van der Waals surface area contributed by atoms with Crippen molar-refractivity contribution in [2.24, 2.45) is 0 Å². The lowest BCUT2D eigenvalue weighted by Gasteiger charge is -2.27. The van der Waals surface area contributed by atoms with Gasteiger partial charge in [0.2, 0.25) is 0 Å². The first-order valence-corrected chi connectivity index (χ1v) is 11.6. The Morgan fingerprint density at radius 1 is 1.11 bits per heavy atom. The van der Waals surface area contributed by atoms with Crippen molar-refractivity contribution in [1.29, 1.82) is 0 Å². The van der Waals surface area contributed by atoms with Crippen LogP contribution in [0.4, 0.5) is 5.69 Å². The topological polar surface area (TPSA) is 79.7 Å². The molecule has 1 aliphatic heterocycles. The van der Waals surface area contributed by atoms with E-state index in [1.54, 1.807) is 54.9 Å². The number of carbonyl (C=O) groups excluding carboxylic acids is 2. The van der Waals surface area contributed by atoms with Crippen LogP contribution in [0.5, 0.6) is 5.75 Å². The summed E-state index contributed by atoms with van der Waals surface area (Å²) in [4.78, 5) is 32.4. The summed E-state index contributed by atoms with van der Waals surface area (Å²) in [6.45, 7) is 7.99. The number of aryl methyl sites for hydroxylation is 1. The van der Waals surface area contributed by atoms with Crippen molar-refractivity contribution >= 4 is 34.7 Å². The molecule has 1 saturated heterocycles. The van der Waals surface area contributed by atoms with Gasteiger partial charge in [0, 0.05) is 23.1 Å². The van der Waals surface area contributed by atoms with Gasteiger partial charge in [-0.3, -0.25) is 19.5 Å². The number of Topliss-reactive ketones (excluding diaryl/α,β-unsaturated/α-hetero) is 1. The quantitative estimate of drug-likeness (QED) is 0.276. The fourth-order valence-electron chi connectivity index (χ4n) is 4.28. The molecule has 1 fully saturated rings. The fourth-order valence-corrected chi connectivity index (χ4v) is 4.45. The maximum Gasteiger partial charge on any atom is 0.300 e. The minimum Gasteiger partial charge on any atom is -0.507 e. The molecule has 4 rings (SSSR count). The summed E-state index contributed by atoms with van der Waals surface area (Å²) < 4.78 is 5.51. The van der Waals surface area contributed by atoms with E-state index in [0.717, 1.165) is 11.1 Å². The number of amides is 1. The molecule has 1 unspecified atom stereocenters. The largest absolute Gasteiger partial charge is 0.507 e. The van der Waals surface area contributed by atoms with Crippen LogP contribution in [-0.4, -0.2) is 28.9 Å². The summed E-state index contributed by atoms with van der Waals surface area (Å²) in [5.41, 5.74) is 2.87. The van der Waals surface area contributed by atoms with Crippen LogP contribution >= 0.6 is 11.6 Å². The van der Waals surface area contributed by atoms with Crippen molar-refractivity contribution in [2.45, 2.75) is 39.2 Å². The van der Waals surface area contributed by atoms with Gasteiger partial charge in [0.1, 0.15) is 11.5 Å². The molecule has 0 saturated carbocycles. The van der Waals surface area contributed by atoms with E-state index in [9.17, 15) is 14.7 Å². The average Bonchev–Trinajstić information content (AvgIpc) is 3.10. The van der Waals surface area contributed by atoms with Crippen molar-refractivity contribution in [3.63, 3.8) is 0 Å². The molecule has 1 N–H and O–H groups in total. The molecule has 1 atom stereocenters. The van der Waals surface area contributed by atoms with E-state index in [2.05, 4.69) is 25.8 Å². The summed E-state index contributed by atoms with van der Waals surface area (Å²) in [6, 6.07) is 13.2. The van der Waals surface area contributed by atoms with Gasteiger partial charge in [-0.2, -0.15) is 0 Å². The van der Waals surface area contributed by atoms with Gasteiger partial charge in [-0.1, -0.05) is 50.6 Å². The van der Waals surface area contributed by atoms with Gasteiger partial charge in [0.15, 0.2) is 0 Å². The van der Waals surface area contributed by atoms with Gasteiger partial charge < -0.3 is 9.84 Å². The number of rotatable bonds is 4. The average molecular weight is 491 g/mol. The predicted octanol–water partition coefficient (Wildman–Crippen LogP) is 5.98. The Morgan fingerprint density at radius 2 is 1.86 bits per heavy atom. The number of halogens is 1. The summed E-state index contributed by atoms with van der Waals surface area (Å²) in [6.07, 6.45) is 3.19. The van der Waals surface area contributed by atoms with Gasteiger partial charge in [0.05, 0.1) is 24.3 Å². The molecule has 1 aromatic heterocycles. The SMILES string of the molecule is COc1ccc(C(C)(C)C)cc1/C(O)=C1\C(=O)C(=O)N(c2cc(Cl)ccc2C)C1c1cccnc1. The number of aliphatic hydroxyl groups is 1. The predicted molar refractivity (Wildman–Crippen MR) is 137 cm³/mol. The molecule has 1 aliphatic rings. The summed E-state index contributed by atoms with van der Waals surface area (Å²) in [5, 5.41) is 12.0. The second-order valence-electron chi connectivity index (χ2n) is 9.55. The van der Waals surface area contributed by atoms with Crippen molar-refractivity contribution < 1.29 is 19.4 Å². The molecular weight excluding hydrogens is 464 g/mol. The number of benzene rings is 2. The molecule has 6 nitrogen and oxygen atoms in total. The van der Waals surface area contributed by atoms with Crippen LogP contribution in [0.3, 0.4) is 0 Å². The third-order valence-corrected chi connectivity index (χ3v) is 6.43. The van der Waals surface area contributed by atoms with E-state index in [4.69, 9.17) is 16.3 Å². The number of carbonyl (C=O) groups is 2. The number of anilines is 1. The third kappa shape index (κ3) is 4.42. The number of hydrogen-bond acceptors (Lipinski definition) is 5. The molecule has 0 aliphatic carbocycles. The number of aliphatic hydroxyl groups excluding tert-OH is 1. The van der Waals surface area contributed by atoms with Gasteiger partial charge in [-0.25, -0.2) is 0 Å². The summed E-state index contributed by atoms with van der Waals surface area (Å²) >= 11 is 6.25. The highest BCUT2D eigenvalue weighted by atomic mass is 35.5. The minimum absolute atomic E-state index is 0.0354. The lowest BCUT2D eigenvalue weighted by molar-refractivity contribution is -0.132. The van der Waals surface area contributed by atoms with Crippen LogP contribution in [0.25, 0.3) is 5.76 Å². The number of ether oxygens (including phenoxy) is 1. The van der Waals surface area contributed by atoms with E-state index in [0.29, 0.717) is 27.6 Å². The summed E-state index contributed by atoms with van der Waals surface area (Å²) in [5.74, 6) is -1.46. The highest BCUT2D eigenvalue weighted by Gasteiger charge is 2.47. The zero-order valence-corrected chi connectivity index (χ0v) is 21.1. The first-order chi connectivity index (χ1) is 16.5. The zero-order valence-electron chi connectivity index (χ0n) is 20.3. The van der Waals surface area contributed by atoms with Crippen molar-refractivity contribution in [1.82, 2.24) is 4.98 Å². The normalized spacial score (nSPS) is 17.7. The number of ketones is 1. The smallest absolute Gasteiger partial charge is 0.300 e. The monoisotopic (exact) mass is 490 g/mol. The van der Waals surface area contributed by atoms with Gasteiger partial charge in [-0.05, 0) is 59.4 Å². The number of nitrogens with zero attached hydrogens (tertiary/aromatic N) is 2. The van der Waals surface area contributed by atoms with Crippen LogP contribution in [0.2, 0.25) is 5.02 Å². The highest BCUT2D eigenvalue weighted by molar-refractivity contribution is 6.52. The Hall–Kier alpha value is -3.64. The standard InChI is InChI=1S/C28H27ClN2O4/c1-16-8-10-19(29)14-21(16)31-24(17-7-6-12-30-15-17)23(26(33)27(31)34)25(32)20-13-18(28(2,3)4)9-11-22(20)35-5/h6-15,24,32H,1-5H3/b25-23+. The molecule has 1 amide bonds. The van der Waals surface area contributed by atoms with Crippen LogP contribution < -0.4 is 9.64 Å². The Morgan fingerprint density at radius 3 is 2.49 bits per heavy atom. The Bertz CT molecular complexity index is 1340. The number of aromatic nitrogens is 1. The lowest BCUT2D eigenvalue weighted by Crippen LogP contribution is -2.30. The molecular formula is C28H27ClN2O4. The first kappa shape index (κ1) is 24.5. The van der Waals surface area contributed by atoms with Crippen molar-refractivity contribution in [3.05, 3.63) is 93.8 Å². The second kappa shape index (κ2) is 9.19. The van der Waals surface area contributed by atoms with Gasteiger partial charge in [-0.15, -0.1) is 0 Å². The maximum absolute atomic E-state index is 13.5. The molecule has 2 heterocycles. The van der Waals surface area contributed by atoms with Crippen LogP contribution in [-0.2, 0) is 15.0 Å². The van der Waals surface area contributed by atoms with Crippen LogP contribution in [0, 0.1) is 6.92 Å². The fraction of sp³-hybridized carbons (Fsp3) is 0.250. The molecule has 0 radical (unpaired) electrons. The number of pyridine rings is 1. The van der Waals surface area contributed by atoms with Gasteiger partial charge in [0.25, 0.3) is 11.7 Å².